The molecule has 2 rings (SSSR count). The van der Waals surface area contributed by atoms with Crippen LogP contribution in [0.1, 0.15) is 12.8 Å². The van der Waals surface area contributed by atoms with E-state index in [1.54, 1.807) is 11.8 Å². The highest BCUT2D eigenvalue weighted by atomic mass is 35.5. The number of hydrogen-bond acceptors (Lipinski definition) is 4. The Morgan fingerprint density at radius 1 is 1.39 bits per heavy atom. The molecule has 1 saturated heterocycles. The Morgan fingerprint density at radius 3 is 2.74 bits per heavy atom. The summed E-state index contributed by atoms with van der Waals surface area (Å²) in [7, 11) is -3.22. The molecule has 1 aromatic rings. The van der Waals surface area contributed by atoms with E-state index < -0.39 is 10.0 Å². The lowest BCUT2D eigenvalue weighted by molar-refractivity contribution is -0.125. The molecule has 0 radical (unpaired) electrons. The summed E-state index contributed by atoms with van der Waals surface area (Å²) in [6, 6.07) is 7.56. The van der Waals surface area contributed by atoms with Crippen molar-refractivity contribution in [2.75, 3.05) is 31.6 Å². The molecule has 5 nitrogen and oxygen atoms in total. The van der Waals surface area contributed by atoms with Gasteiger partial charge in [0.05, 0.1) is 12.2 Å². The van der Waals surface area contributed by atoms with Crippen molar-refractivity contribution in [2.24, 2.45) is 5.92 Å². The van der Waals surface area contributed by atoms with Crippen LogP contribution in [0.3, 0.4) is 0 Å². The molecule has 0 bridgehead atoms. The second-order valence-corrected chi connectivity index (χ2v) is 9.14. The van der Waals surface area contributed by atoms with Gasteiger partial charge < -0.3 is 5.32 Å². The van der Waals surface area contributed by atoms with Gasteiger partial charge in [-0.2, -0.15) is 0 Å². The fourth-order valence-corrected chi connectivity index (χ4v) is 4.28. The van der Waals surface area contributed by atoms with Crippen LogP contribution in [-0.4, -0.2) is 50.3 Å². The molecule has 1 heterocycles. The van der Waals surface area contributed by atoms with Crippen LogP contribution in [0.25, 0.3) is 0 Å². The van der Waals surface area contributed by atoms with Crippen LogP contribution in [0.5, 0.6) is 0 Å². The summed E-state index contributed by atoms with van der Waals surface area (Å²) in [4.78, 5) is 13.3. The van der Waals surface area contributed by atoms with Gasteiger partial charge in [-0.15, -0.1) is 11.8 Å². The van der Waals surface area contributed by atoms with Gasteiger partial charge in [0.25, 0.3) is 0 Å². The summed E-state index contributed by atoms with van der Waals surface area (Å²) in [6.07, 6.45) is 2.66. The number of sulfonamides is 1. The number of carbonyl (C=O) groups is 1. The largest absolute Gasteiger partial charge is 0.355 e. The van der Waals surface area contributed by atoms with Crippen LogP contribution in [0.4, 0.5) is 0 Å². The van der Waals surface area contributed by atoms with Crippen molar-refractivity contribution in [2.45, 2.75) is 17.7 Å². The minimum absolute atomic E-state index is 0.0601. The first-order valence-electron chi connectivity index (χ1n) is 7.47. The third-order valence-corrected chi connectivity index (χ3v) is 6.24. The molecule has 1 amide bonds. The van der Waals surface area contributed by atoms with Gasteiger partial charge in [0.15, 0.2) is 0 Å². The molecular weight excluding hydrogens is 356 g/mol. The number of nitrogens with zero attached hydrogens (tertiary/aromatic N) is 1. The maximum atomic E-state index is 12.2. The number of thioether (sulfide) groups is 1. The molecule has 1 fully saturated rings. The van der Waals surface area contributed by atoms with E-state index >= 15 is 0 Å². The SMILES string of the molecule is CS(=O)(=O)N1CCC[C@H](C(=O)NCCSc2ccc(Cl)cc2)C1. The number of nitrogens with one attached hydrogen (secondary N) is 1. The molecule has 0 saturated carbocycles. The Kier molecular flexibility index (Phi) is 6.76. The minimum Gasteiger partial charge on any atom is -0.355 e. The maximum absolute atomic E-state index is 12.2. The Hall–Kier alpha value is -0.760. The number of carbonyl (C=O) groups excluding carboxylic acids is 1. The number of benzene rings is 1. The van der Waals surface area contributed by atoms with Crippen LogP contribution in [0, 0.1) is 5.92 Å². The fraction of sp³-hybridized carbons (Fsp3) is 0.533. The summed E-state index contributed by atoms with van der Waals surface area (Å²) >= 11 is 7.47. The molecule has 1 aliphatic heterocycles. The zero-order chi connectivity index (χ0) is 16.9. The molecule has 1 atom stereocenters. The van der Waals surface area contributed by atoms with Gasteiger partial charge in [0.2, 0.25) is 15.9 Å². The van der Waals surface area contributed by atoms with Gasteiger partial charge in [0.1, 0.15) is 0 Å². The molecule has 0 unspecified atom stereocenters. The van der Waals surface area contributed by atoms with Crippen molar-refractivity contribution < 1.29 is 13.2 Å². The molecule has 1 aliphatic rings. The van der Waals surface area contributed by atoms with E-state index in [4.69, 9.17) is 11.6 Å². The molecule has 128 valence electrons. The average Bonchev–Trinajstić information content (AvgIpc) is 2.52. The van der Waals surface area contributed by atoms with Crippen LogP contribution < -0.4 is 5.32 Å². The highest BCUT2D eigenvalue weighted by Crippen LogP contribution is 2.21. The van der Waals surface area contributed by atoms with Gasteiger partial charge in [-0.25, -0.2) is 12.7 Å². The lowest BCUT2D eigenvalue weighted by Crippen LogP contribution is -2.45. The predicted molar refractivity (Wildman–Crippen MR) is 94.3 cm³/mol. The topological polar surface area (TPSA) is 66.5 Å². The van der Waals surface area contributed by atoms with E-state index in [-0.39, 0.29) is 18.4 Å². The number of halogens is 1. The van der Waals surface area contributed by atoms with Crippen LogP contribution >= 0.6 is 23.4 Å². The third kappa shape index (κ3) is 5.99. The maximum Gasteiger partial charge on any atom is 0.224 e. The van der Waals surface area contributed by atoms with Crippen molar-refractivity contribution in [1.29, 1.82) is 0 Å². The Morgan fingerprint density at radius 2 is 2.09 bits per heavy atom. The van der Waals surface area contributed by atoms with Gasteiger partial charge in [-0.05, 0) is 37.1 Å². The molecule has 23 heavy (non-hydrogen) atoms. The second-order valence-electron chi connectivity index (χ2n) is 5.55. The first-order chi connectivity index (χ1) is 10.9. The third-order valence-electron chi connectivity index (χ3n) is 3.71. The summed E-state index contributed by atoms with van der Waals surface area (Å²) in [6.45, 7) is 1.35. The zero-order valence-electron chi connectivity index (χ0n) is 13.0. The summed E-state index contributed by atoms with van der Waals surface area (Å²) in [5, 5.41) is 3.60. The Labute approximate surface area is 146 Å². The quantitative estimate of drug-likeness (QED) is 0.610. The first kappa shape index (κ1) is 18.6. The Balaban J connectivity index is 1.73. The van der Waals surface area contributed by atoms with E-state index in [0.29, 0.717) is 18.1 Å². The number of amides is 1. The van der Waals surface area contributed by atoms with E-state index in [0.717, 1.165) is 23.5 Å². The molecular formula is C15H21ClN2O3S2. The normalized spacial score (nSPS) is 19.5. The van der Waals surface area contributed by atoms with Crippen LogP contribution in [-0.2, 0) is 14.8 Å². The molecule has 8 heteroatoms. The monoisotopic (exact) mass is 376 g/mol. The summed E-state index contributed by atoms with van der Waals surface area (Å²) in [5.74, 6) is 0.449. The fourth-order valence-electron chi connectivity index (χ4n) is 2.48. The molecule has 0 aromatic heterocycles. The number of piperidine rings is 1. The lowest BCUT2D eigenvalue weighted by Gasteiger charge is -2.30. The van der Waals surface area contributed by atoms with Crippen molar-refractivity contribution in [1.82, 2.24) is 9.62 Å². The van der Waals surface area contributed by atoms with Gasteiger partial charge in [0, 0.05) is 35.3 Å². The molecule has 1 aromatic carbocycles. The van der Waals surface area contributed by atoms with Crippen molar-refractivity contribution in [3.63, 3.8) is 0 Å². The second kappa shape index (κ2) is 8.37. The summed E-state index contributed by atoms with van der Waals surface area (Å²) in [5.41, 5.74) is 0. The van der Waals surface area contributed by atoms with E-state index in [2.05, 4.69) is 5.32 Å². The highest BCUT2D eigenvalue weighted by molar-refractivity contribution is 7.99. The minimum atomic E-state index is -3.22. The smallest absolute Gasteiger partial charge is 0.224 e. The number of hydrogen-bond donors (Lipinski definition) is 1. The lowest BCUT2D eigenvalue weighted by atomic mass is 9.99. The van der Waals surface area contributed by atoms with Crippen molar-refractivity contribution in [3.8, 4) is 0 Å². The van der Waals surface area contributed by atoms with E-state index in [1.165, 1.54) is 10.6 Å². The van der Waals surface area contributed by atoms with E-state index in [9.17, 15) is 13.2 Å². The average molecular weight is 377 g/mol. The van der Waals surface area contributed by atoms with Crippen LogP contribution in [0.2, 0.25) is 5.02 Å². The van der Waals surface area contributed by atoms with Gasteiger partial charge in [-0.1, -0.05) is 11.6 Å². The van der Waals surface area contributed by atoms with E-state index in [1.807, 2.05) is 24.3 Å². The van der Waals surface area contributed by atoms with Crippen molar-refractivity contribution in [3.05, 3.63) is 29.3 Å². The standard InChI is InChI=1S/C15H21ClN2O3S2/c1-23(20,21)18-9-2-3-12(11-18)15(19)17-8-10-22-14-6-4-13(16)5-7-14/h4-7,12H,2-3,8-11H2,1H3,(H,17,19)/t12-/m0/s1. The summed E-state index contributed by atoms with van der Waals surface area (Å²) < 4.78 is 24.5. The highest BCUT2D eigenvalue weighted by Gasteiger charge is 2.29. The predicted octanol–water partition coefficient (Wildman–Crippen LogP) is 2.22. The van der Waals surface area contributed by atoms with Gasteiger partial charge in [-0.3, -0.25) is 4.79 Å². The molecule has 0 aliphatic carbocycles. The Bertz CT molecular complexity index is 635. The zero-order valence-corrected chi connectivity index (χ0v) is 15.4. The first-order valence-corrected chi connectivity index (χ1v) is 10.7. The molecule has 0 spiro atoms. The van der Waals surface area contributed by atoms with Crippen molar-refractivity contribution >= 4 is 39.3 Å². The number of rotatable bonds is 6. The molecule has 1 N–H and O–H groups in total. The van der Waals surface area contributed by atoms with Gasteiger partial charge >= 0.3 is 0 Å². The van der Waals surface area contributed by atoms with Crippen LogP contribution in [0.15, 0.2) is 29.2 Å².